The van der Waals surface area contributed by atoms with E-state index in [1.807, 2.05) is 30.3 Å². The average Bonchev–Trinajstić information content (AvgIpc) is 2.78. The zero-order valence-corrected chi connectivity index (χ0v) is 17.2. The quantitative estimate of drug-likeness (QED) is 0.171. The maximum Gasteiger partial charge on any atom is 0.332 e. The molecule has 0 fully saturated rings. The molecular formula is C22H26N4O5. The first-order valence-electron chi connectivity index (χ1n) is 9.68. The Balaban J connectivity index is 1.71. The van der Waals surface area contributed by atoms with Gasteiger partial charge in [0.2, 0.25) is 5.91 Å². The number of esters is 1. The molecule has 0 bridgehead atoms. The largest absolute Gasteiger partial charge is 0.461 e. The van der Waals surface area contributed by atoms with Crippen LogP contribution >= 0.6 is 0 Å². The van der Waals surface area contributed by atoms with Crippen LogP contribution in [0.3, 0.4) is 0 Å². The summed E-state index contributed by atoms with van der Waals surface area (Å²) in [5.41, 5.74) is 13.9. The van der Waals surface area contributed by atoms with Gasteiger partial charge in [-0.2, -0.15) is 0 Å². The molecule has 0 aliphatic carbocycles. The number of benzene rings is 2. The fourth-order valence-electron chi connectivity index (χ4n) is 2.49. The average molecular weight is 426 g/mol. The first-order chi connectivity index (χ1) is 14.8. The second kappa shape index (κ2) is 12.1. The molecule has 5 N–H and O–H groups in total. The normalized spacial score (nSPS) is 12.0. The van der Waals surface area contributed by atoms with Gasteiger partial charge in [-0.3, -0.25) is 9.59 Å². The predicted molar refractivity (Wildman–Crippen MR) is 114 cm³/mol. The van der Waals surface area contributed by atoms with Gasteiger partial charge in [0.25, 0.3) is 0 Å². The molecule has 0 radical (unpaired) electrons. The second-order valence-electron chi connectivity index (χ2n) is 6.77. The van der Waals surface area contributed by atoms with Gasteiger partial charge in [-0.1, -0.05) is 59.8 Å². The lowest BCUT2D eigenvalue weighted by atomic mass is 10.1. The van der Waals surface area contributed by atoms with Crippen molar-refractivity contribution in [3.8, 4) is 0 Å². The Morgan fingerprint density at radius 1 is 1.03 bits per heavy atom. The number of nitrogens with zero attached hydrogens (tertiary/aromatic N) is 1. The van der Waals surface area contributed by atoms with Crippen LogP contribution in [0.4, 0.5) is 0 Å². The molecule has 9 heteroatoms. The van der Waals surface area contributed by atoms with Crippen molar-refractivity contribution >= 4 is 23.7 Å². The van der Waals surface area contributed by atoms with Crippen LogP contribution in [0.1, 0.15) is 36.5 Å². The first kappa shape index (κ1) is 23.6. The van der Waals surface area contributed by atoms with Crippen LogP contribution in [-0.4, -0.2) is 29.7 Å². The van der Waals surface area contributed by atoms with E-state index in [1.165, 1.54) is 6.92 Å². The van der Waals surface area contributed by atoms with Gasteiger partial charge in [0.05, 0.1) is 6.04 Å². The van der Waals surface area contributed by atoms with Crippen LogP contribution < -0.4 is 16.8 Å². The predicted octanol–water partition coefficient (Wildman–Crippen LogP) is 1.34. The summed E-state index contributed by atoms with van der Waals surface area (Å²) in [6.07, 6.45) is 0.235. The van der Waals surface area contributed by atoms with E-state index >= 15 is 0 Å². The SMILES string of the molecule is CC(=O)O/N=C(\N)c1ccc(CNC(=O)[C@@H](N)CCC(=O)OCc2ccccc2)cc1. The van der Waals surface area contributed by atoms with Crippen molar-refractivity contribution in [2.24, 2.45) is 16.6 Å². The Kier molecular flexibility index (Phi) is 9.18. The molecule has 0 unspecified atom stereocenters. The highest BCUT2D eigenvalue weighted by Gasteiger charge is 2.15. The van der Waals surface area contributed by atoms with E-state index in [4.69, 9.17) is 16.2 Å². The molecule has 0 saturated carbocycles. The Bertz CT molecular complexity index is 913. The summed E-state index contributed by atoms with van der Waals surface area (Å²) < 4.78 is 5.17. The summed E-state index contributed by atoms with van der Waals surface area (Å²) in [6.45, 7) is 1.67. The molecule has 9 nitrogen and oxygen atoms in total. The summed E-state index contributed by atoms with van der Waals surface area (Å²) in [7, 11) is 0. The van der Waals surface area contributed by atoms with E-state index in [9.17, 15) is 14.4 Å². The number of nitrogens with one attached hydrogen (secondary N) is 1. The molecule has 1 amide bonds. The highest BCUT2D eigenvalue weighted by Crippen LogP contribution is 2.06. The number of nitrogens with two attached hydrogens (primary N) is 2. The third kappa shape index (κ3) is 8.67. The van der Waals surface area contributed by atoms with Crippen LogP contribution in [-0.2, 0) is 37.1 Å². The van der Waals surface area contributed by atoms with Crippen molar-refractivity contribution in [2.45, 2.75) is 39.0 Å². The molecule has 0 aliphatic rings. The second-order valence-corrected chi connectivity index (χ2v) is 6.77. The number of amidine groups is 1. The van der Waals surface area contributed by atoms with Crippen molar-refractivity contribution < 1.29 is 24.0 Å². The third-order valence-electron chi connectivity index (χ3n) is 4.23. The van der Waals surface area contributed by atoms with E-state index < -0.39 is 18.0 Å². The van der Waals surface area contributed by atoms with Gasteiger partial charge in [0, 0.05) is 25.5 Å². The minimum Gasteiger partial charge on any atom is -0.461 e. The van der Waals surface area contributed by atoms with Crippen molar-refractivity contribution in [1.82, 2.24) is 5.32 Å². The summed E-state index contributed by atoms with van der Waals surface area (Å²) >= 11 is 0. The molecule has 2 aromatic carbocycles. The lowest BCUT2D eigenvalue weighted by Gasteiger charge is -2.12. The molecule has 0 heterocycles. The monoisotopic (exact) mass is 426 g/mol. The Morgan fingerprint density at radius 3 is 2.35 bits per heavy atom. The fourth-order valence-corrected chi connectivity index (χ4v) is 2.49. The summed E-state index contributed by atoms with van der Waals surface area (Å²) in [5, 5.41) is 6.23. The van der Waals surface area contributed by atoms with Gasteiger partial charge in [0.1, 0.15) is 6.61 Å². The van der Waals surface area contributed by atoms with Gasteiger partial charge in [-0.15, -0.1) is 0 Å². The Labute approximate surface area is 180 Å². The summed E-state index contributed by atoms with van der Waals surface area (Å²) in [5.74, 6) is -1.28. The van der Waals surface area contributed by atoms with Gasteiger partial charge in [-0.05, 0) is 17.5 Å². The number of amides is 1. The Morgan fingerprint density at radius 2 is 1.71 bits per heavy atom. The van der Waals surface area contributed by atoms with Crippen LogP contribution in [0.25, 0.3) is 0 Å². The third-order valence-corrected chi connectivity index (χ3v) is 4.23. The standard InChI is InChI=1S/C22H26N4O5/c1-15(27)31-26-21(24)18-9-7-16(8-10-18)13-25-22(29)19(23)11-12-20(28)30-14-17-5-3-2-4-6-17/h2-10,19H,11-14,23H2,1H3,(H2,24,26)(H,25,29)/t19-/m0/s1. The summed E-state index contributed by atoms with van der Waals surface area (Å²) in [6, 6.07) is 15.4. The highest BCUT2D eigenvalue weighted by molar-refractivity contribution is 5.97. The van der Waals surface area contributed by atoms with Gasteiger partial charge in [0.15, 0.2) is 5.84 Å². The van der Waals surface area contributed by atoms with E-state index in [0.29, 0.717) is 5.56 Å². The molecule has 31 heavy (non-hydrogen) atoms. The molecule has 0 aliphatic heterocycles. The minimum atomic E-state index is -0.824. The highest BCUT2D eigenvalue weighted by atomic mass is 16.7. The van der Waals surface area contributed by atoms with Crippen molar-refractivity contribution in [1.29, 1.82) is 0 Å². The van der Waals surface area contributed by atoms with Gasteiger partial charge in [-0.25, -0.2) is 4.79 Å². The van der Waals surface area contributed by atoms with Crippen LogP contribution in [0.5, 0.6) is 0 Å². The maximum atomic E-state index is 12.2. The zero-order valence-electron chi connectivity index (χ0n) is 17.2. The number of oxime groups is 1. The van der Waals surface area contributed by atoms with Crippen molar-refractivity contribution in [2.75, 3.05) is 0 Å². The zero-order chi connectivity index (χ0) is 22.6. The number of carbonyl (C=O) groups is 3. The maximum absolute atomic E-state index is 12.2. The molecule has 0 spiro atoms. The molecular weight excluding hydrogens is 400 g/mol. The van der Waals surface area contributed by atoms with Crippen molar-refractivity contribution in [3.63, 3.8) is 0 Å². The first-order valence-corrected chi connectivity index (χ1v) is 9.68. The minimum absolute atomic E-state index is 0.0526. The summed E-state index contributed by atoms with van der Waals surface area (Å²) in [4.78, 5) is 39.2. The molecule has 1 atom stereocenters. The Hall–Kier alpha value is -3.72. The van der Waals surface area contributed by atoms with Crippen LogP contribution in [0.15, 0.2) is 59.8 Å². The van der Waals surface area contributed by atoms with Crippen LogP contribution in [0.2, 0.25) is 0 Å². The number of ether oxygens (including phenoxy) is 1. The number of carbonyl (C=O) groups excluding carboxylic acids is 3. The van der Waals surface area contributed by atoms with E-state index in [0.717, 1.165) is 11.1 Å². The molecule has 0 saturated heterocycles. The number of hydrogen-bond acceptors (Lipinski definition) is 7. The van der Waals surface area contributed by atoms with Gasteiger partial charge >= 0.3 is 11.9 Å². The number of hydrogen-bond donors (Lipinski definition) is 3. The topological polar surface area (TPSA) is 146 Å². The molecule has 2 rings (SSSR count). The van der Waals surface area contributed by atoms with E-state index in [-0.39, 0.29) is 37.7 Å². The van der Waals surface area contributed by atoms with Crippen molar-refractivity contribution in [3.05, 3.63) is 71.3 Å². The molecule has 164 valence electrons. The lowest BCUT2D eigenvalue weighted by Crippen LogP contribution is -2.40. The van der Waals surface area contributed by atoms with Crippen LogP contribution in [0, 0.1) is 0 Å². The number of rotatable bonds is 10. The van der Waals surface area contributed by atoms with E-state index in [2.05, 4.69) is 15.3 Å². The fraction of sp³-hybridized carbons (Fsp3) is 0.273. The molecule has 2 aromatic rings. The van der Waals surface area contributed by atoms with E-state index in [1.54, 1.807) is 24.3 Å². The smallest absolute Gasteiger partial charge is 0.332 e. The molecule has 0 aromatic heterocycles. The lowest BCUT2D eigenvalue weighted by molar-refractivity contribution is -0.145. The van der Waals surface area contributed by atoms with Gasteiger partial charge < -0.3 is 26.4 Å².